The van der Waals surface area contributed by atoms with Crippen LogP contribution in [0.5, 0.6) is 0 Å². The summed E-state index contributed by atoms with van der Waals surface area (Å²) in [5.74, 6) is 0.846. The summed E-state index contributed by atoms with van der Waals surface area (Å²) in [6, 6.07) is 9.67. The predicted molar refractivity (Wildman–Crippen MR) is 84.5 cm³/mol. The van der Waals surface area contributed by atoms with E-state index < -0.39 is 12.0 Å². The van der Waals surface area contributed by atoms with Crippen LogP contribution < -0.4 is 0 Å². The van der Waals surface area contributed by atoms with Gasteiger partial charge < -0.3 is 10.0 Å². The number of thioether (sulfide) groups is 1. The molecule has 5 heteroatoms. The van der Waals surface area contributed by atoms with Crippen molar-refractivity contribution >= 4 is 23.6 Å². The normalized spacial score (nSPS) is 17.9. The topological polar surface area (TPSA) is 57.6 Å². The second kappa shape index (κ2) is 8.08. The van der Waals surface area contributed by atoms with Gasteiger partial charge in [-0.25, -0.2) is 4.79 Å². The van der Waals surface area contributed by atoms with Crippen LogP contribution in [-0.4, -0.2) is 46.0 Å². The molecule has 0 unspecified atom stereocenters. The molecule has 1 N–H and O–H groups in total. The van der Waals surface area contributed by atoms with E-state index in [9.17, 15) is 9.59 Å². The number of carboxylic acid groups (broad SMARTS) is 1. The Morgan fingerprint density at radius 1 is 1.24 bits per heavy atom. The summed E-state index contributed by atoms with van der Waals surface area (Å²) >= 11 is 1.75. The van der Waals surface area contributed by atoms with Crippen molar-refractivity contribution in [1.29, 1.82) is 0 Å². The predicted octanol–water partition coefficient (Wildman–Crippen LogP) is 2.43. The van der Waals surface area contributed by atoms with E-state index in [1.807, 2.05) is 18.2 Å². The quantitative estimate of drug-likeness (QED) is 0.786. The fourth-order valence-electron chi connectivity index (χ4n) is 2.56. The highest BCUT2D eigenvalue weighted by atomic mass is 32.2. The number of hydrogen-bond donors (Lipinski definition) is 1. The average molecular weight is 307 g/mol. The molecule has 0 aliphatic carbocycles. The molecular weight excluding hydrogens is 286 g/mol. The van der Waals surface area contributed by atoms with Crippen LogP contribution in [0.2, 0.25) is 0 Å². The minimum absolute atomic E-state index is 0.0212. The molecule has 0 bridgehead atoms. The lowest BCUT2D eigenvalue weighted by molar-refractivity contribution is -0.148. The van der Waals surface area contributed by atoms with Gasteiger partial charge in [-0.3, -0.25) is 4.79 Å². The Morgan fingerprint density at radius 3 is 2.71 bits per heavy atom. The van der Waals surface area contributed by atoms with Crippen molar-refractivity contribution in [2.24, 2.45) is 0 Å². The summed E-state index contributed by atoms with van der Waals surface area (Å²) < 4.78 is 0. The first-order chi connectivity index (χ1) is 10.2. The zero-order valence-electron chi connectivity index (χ0n) is 12.0. The number of carbonyl (C=O) groups excluding carboxylic acids is 1. The van der Waals surface area contributed by atoms with Crippen molar-refractivity contribution in [1.82, 2.24) is 4.90 Å². The van der Waals surface area contributed by atoms with Crippen molar-refractivity contribution in [3.63, 3.8) is 0 Å². The van der Waals surface area contributed by atoms with Gasteiger partial charge in [0, 0.05) is 18.7 Å². The van der Waals surface area contributed by atoms with Crippen LogP contribution >= 0.6 is 11.8 Å². The first-order valence-electron chi connectivity index (χ1n) is 7.32. The number of benzene rings is 1. The Hall–Kier alpha value is -1.49. The maximum absolute atomic E-state index is 12.0. The fraction of sp³-hybridized carbons (Fsp3) is 0.500. The van der Waals surface area contributed by atoms with E-state index in [0.717, 1.165) is 24.3 Å². The lowest BCUT2D eigenvalue weighted by atomic mass is 10.2. The third kappa shape index (κ3) is 4.77. The third-order valence-corrected chi connectivity index (χ3v) is 4.68. The standard InChI is InChI=1S/C16H21NO3S/c18-15(17-10-4-7-14(17)16(19)20)9-12-21-11-8-13-5-2-1-3-6-13/h1-3,5-6,14H,4,7-12H2,(H,19,20)/t14-/m0/s1. The summed E-state index contributed by atoms with van der Waals surface area (Å²) in [7, 11) is 0. The highest BCUT2D eigenvalue weighted by Gasteiger charge is 2.33. The molecule has 1 fully saturated rings. The van der Waals surface area contributed by atoms with Crippen LogP contribution in [0.15, 0.2) is 30.3 Å². The molecule has 1 saturated heterocycles. The Bertz CT molecular complexity index is 478. The van der Waals surface area contributed by atoms with Gasteiger partial charge in [-0.05, 0) is 30.6 Å². The molecular formula is C16H21NO3S. The molecule has 114 valence electrons. The van der Waals surface area contributed by atoms with Gasteiger partial charge in [0.05, 0.1) is 0 Å². The van der Waals surface area contributed by atoms with Crippen LogP contribution in [0.4, 0.5) is 0 Å². The summed E-state index contributed by atoms with van der Waals surface area (Å²) in [6.45, 7) is 0.588. The number of rotatable bonds is 7. The van der Waals surface area contributed by atoms with Gasteiger partial charge in [-0.2, -0.15) is 11.8 Å². The number of carboxylic acids is 1. The van der Waals surface area contributed by atoms with Crippen molar-refractivity contribution in [3.05, 3.63) is 35.9 Å². The van der Waals surface area contributed by atoms with Crippen LogP contribution in [0.25, 0.3) is 0 Å². The van der Waals surface area contributed by atoms with Crippen LogP contribution in [0.1, 0.15) is 24.8 Å². The van der Waals surface area contributed by atoms with Gasteiger partial charge in [0.2, 0.25) is 5.91 Å². The molecule has 4 nitrogen and oxygen atoms in total. The molecule has 1 amide bonds. The first kappa shape index (κ1) is 15.9. The Balaban J connectivity index is 1.64. The molecule has 1 aliphatic heterocycles. The average Bonchev–Trinajstić information content (AvgIpc) is 2.97. The number of likely N-dealkylation sites (tertiary alicyclic amines) is 1. The minimum atomic E-state index is -0.877. The Morgan fingerprint density at radius 2 is 2.00 bits per heavy atom. The smallest absolute Gasteiger partial charge is 0.326 e. The summed E-state index contributed by atoms with van der Waals surface area (Å²) in [5.41, 5.74) is 1.31. The highest BCUT2D eigenvalue weighted by molar-refractivity contribution is 7.99. The van der Waals surface area contributed by atoms with Crippen LogP contribution in [-0.2, 0) is 16.0 Å². The molecule has 1 aromatic rings. The lowest BCUT2D eigenvalue weighted by Gasteiger charge is -2.21. The molecule has 0 spiro atoms. The molecule has 0 radical (unpaired) electrons. The van der Waals surface area contributed by atoms with E-state index in [1.54, 1.807) is 11.8 Å². The SMILES string of the molecule is O=C(O)[C@@H]1CCCN1C(=O)CCSCCc1ccccc1. The molecule has 2 rings (SSSR count). The molecule has 21 heavy (non-hydrogen) atoms. The summed E-state index contributed by atoms with van der Waals surface area (Å²) in [4.78, 5) is 24.6. The van der Waals surface area contributed by atoms with Gasteiger partial charge in [0.15, 0.2) is 0 Å². The number of amides is 1. The fourth-order valence-corrected chi connectivity index (χ4v) is 3.46. The number of aliphatic carboxylic acids is 1. The Kier molecular flexibility index (Phi) is 6.11. The molecule has 0 aromatic heterocycles. The van der Waals surface area contributed by atoms with Crippen molar-refractivity contribution in [2.45, 2.75) is 31.7 Å². The highest BCUT2D eigenvalue weighted by Crippen LogP contribution is 2.19. The van der Waals surface area contributed by atoms with E-state index in [2.05, 4.69) is 12.1 Å². The van der Waals surface area contributed by atoms with Gasteiger partial charge in [0.1, 0.15) is 6.04 Å². The largest absolute Gasteiger partial charge is 0.480 e. The number of hydrogen-bond acceptors (Lipinski definition) is 3. The lowest BCUT2D eigenvalue weighted by Crippen LogP contribution is -2.40. The maximum atomic E-state index is 12.0. The molecule has 1 aliphatic rings. The Labute approximate surface area is 129 Å². The van der Waals surface area contributed by atoms with Gasteiger partial charge in [-0.15, -0.1) is 0 Å². The van der Waals surface area contributed by atoms with Crippen molar-refractivity contribution < 1.29 is 14.7 Å². The molecule has 1 aromatic carbocycles. The zero-order valence-corrected chi connectivity index (χ0v) is 12.8. The van der Waals surface area contributed by atoms with E-state index in [-0.39, 0.29) is 5.91 Å². The van der Waals surface area contributed by atoms with E-state index >= 15 is 0 Å². The monoisotopic (exact) mass is 307 g/mol. The minimum Gasteiger partial charge on any atom is -0.480 e. The van der Waals surface area contributed by atoms with E-state index in [0.29, 0.717) is 19.4 Å². The number of aryl methyl sites for hydroxylation is 1. The first-order valence-corrected chi connectivity index (χ1v) is 8.48. The van der Waals surface area contributed by atoms with E-state index in [4.69, 9.17) is 5.11 Å². The third-order valence-electron chi connectivity index (χ3n) is 3.70. The number of carbonyl (C=O) groups is 2. The molecule has 0 saturated carbocycles. The van der Waals surface area contributed by atoms with Gasteiger partial charge in [-0.1, -0.05) is 30.3 Å². The summed E-state index contributed by atoms with van der Waals surface area (Å²) in [6.07, 6.45) is 2.82. The van der Waals surface area contributed by atoms with E-state index in [1.165, 1.54) is 10.5 Å². The second-order valence-corrected chi connectivity index (χ2v) is 6.41. The molecule has 1 atom stereocenters. The van der Waals surface area contributed by atoms with Crippen molar-refractivity contribution in [3.8, 4) is 0 Å². The van der Waals surface area contributed by atoms with Gasteiger partial charge >= 0.3 is 5.97 Å². The zero-order chi connectivity index (χ0) is 15.1. The molecule has 1 heterocycles. The summed E-state index contributed by atoms with van der Waals surface area (Å²) in [5, 5.41) is 9.07. The van der Waals surface area contributed by atoms with Crippen LogP contribution in [0.3, 0.4) is 0 Å². The number of nitrogens with zero attached hydrogens (tertiary/aromatic N) is 1. The van der Waals surface area contributed by atoms with Crippen molar-refractivity contribution in [2.75, 3.05) is 18.1 Å². The van der Waals surface area contributed by atoms with Crippen LogP contribution in [0, 0.1) is 0 Å². The van der Waals surface area contributed by atoms with Gasteiger partial charge in [0.25, 0.3) is 0 Å². The maximum Gasteiger partial charge on any atom is 0.326 e. The second-order valence-electron chi connectivity index (χ2n) is 5.18.